The topological polar surface area (TPSA) is 86.8 Å². The number of hydrogen-bond acceptors (Lipinski definition) is 6. The summed E-state index contributed by atoms with van der Waals surface area (Å²) in [5, 5.41) is 3.67. The van der Waals surface area contributed by atoms with Crippen molar-refractivity contribution in [1.29, 1.82) is 0 Å². The van der Waals surface area contributed by atoms with E-state index in [2.05, 4.69) is 26.1 Å². The van der Waals surface area contributed by atoms with Gasteiger partial charge in [-0.3, -0.25) is 14.5 Å². The highest BCUT2D eigenvalue weighted by Gasteiger charge is 2.31. The van der Waals surface area contributed by atoms with E-state index in [1.807, 2.05) is 47.4 Å². The molecule has 1 aliphatic carbocycles. The Balaban J connectivity index is 1.23. The number of ketones is 1. The Kier molecular flexibility index (Phi) is 8.29. The molecule has 5 rings (SSSR count). The van der Waals surface area contributed by atoms with E-state index >= 15 is 0 Å². The Morgan fingerprint density at radius 1 is 0.900 bits per heavy atom. The van der Waals surface area contributed by atoms with Crippen molar-refractivity contribution in [3.63, 3.8) is 0 Å². The van der Waals surface area contributed by atoms with Crippen molar-refractivity contribution in [3.05, 3.63) is 81.7 Å². The van der Waals surface area contributed by atoms with Gasteiger partial charge < -0.3 is 5.32 Å². The Labute approximate surface area is 241 Å². The molecule has 1 aliphatic heterocycles. The van der Waals surface area contributed by atoms with Gasteiger partial charge in [0, 0.05) is 36.6 Å². The van der Waals surface area contributed by atoms with E-state index in [9.17, 15) is 18.0 Å². The van der Waals surface area contributed by atoms with Gasteiger partial charge in [-0.2, -0.15) is 4.31 Å². The lowest BCUT2D eigenvalue weighted by Gasteiger charge is -2.33. The zero-order valence-corrected chi connectivity index (χ0v) is 25.0. The summed E-state index contributed by atoms with van der Waals surface area (Å²) in [6.07, 6.45) is 3.92. The largest absolute Gasteiger partial charge is 0.316 e. The minimum atomic E-state index is -3.60. The average molecular weight is 580 g/mol. The van der Waals surface area contributed by atoms with Crippen molar-refractivity contribution in [3.8, 4) is 0 Å². The van der Waals surface area contributed by atoms with Crippen LogP contribution in [0.4, 0.5) is 5.00 Å². The van der Waals surface area contributed by atoms with E-state index in [1.54, 1.807) is 12.1 Å². The molecular weight excluding hydrogens is 542 g/mol. The summed E-state index contributed by atoms with van der Waals surface area (Å²) in [5.74, 6) is -0.237. The van der Waals surface area contributed by atoms with Crippen LogP contribution in [0.5, 0.6) is 0 Å². The van der Waals surface area contributed by atoms with Gasteiger partial charge in [0.25, 0.3) is 0 Å². The van der Waals surface area contributed by atoms with Crippen molar-refractivity contribution in [2.45, 2.75) is 56.8 Å². The Bertz CT molecular complexity index is 1480. The molecule has 0 bridgehead atoms. The molecule has 0 atom stereocenters. The second-order valence-corrected chi connectivity index (χ2v) is 14.7. The van der Waals surface area contributed by atoms with Crippen molar-refractivity contribution in [2.24, 2.45) is 0 Å². The standard InChI is InChI=1S/C31H37N3O4S2/c1-31(2,3)23-13-15-24(16-14-23)40(37,38)34-19-17-33(18-20-34)21-27(35)32-30-28(25-11-7-8-12-26(25)39-30)29(36)22-9-5-4-6-10-22/h4-6,9-10,13-16H,7-8,11-12,17-21H2,1-3H3,(H,32,35). The van der Waals surface area contributed by atoms with Crippen LogP contribution in [-0.2, 0) is 33.1 Å². The fourth-order valence-electron chi connectivity index (χ4n) is 5.40. The number of nitrogens with zero attached hydrogens (tertiary/aromatic N) is 2. The lowest BCUT2D eigenvalue weighted by Crippen LogP contribution is -2.50. The number of carbonyl (C=O) groups excluding carboxylic acids is 2. The van der Waals surface area contributed by atoms with E-state index in [0.717, 1.165) is 36.8 Å². The number of nitrogens with one attached hydrogen (secondary N) is 1. The van der Waals surface area contributed by atoms with E-state index in [1.165, 1.54) is 20.5 Å². The zero-order chi connectivity index (χ0) is 28.5. The summed E-state index contributed by atoms with van der Waals surface area (Å²) < 4.78 is 28.0. The number of hydrogen-bond donors (Lipinski definition) is 1. The number of amides is 1. The van der Waals surface area contributed by atoms with Gasteiger partial charge in [-0.15, -0.1) is 11.3 Å². The molecule has 9 heteroatoms. The maximum absolute atomic E-state index is 13.5. The first-order valence-electron chi connectivity index (χ1n) is 13.9. The molecule has 0 spiro atoms. The number of anilines is 1. The number of sulfonamides is 1. The fraction of sp³-hybridized carbons (Fsp3) is 0.419. The molecule has 3 aromatic rings. The Hall–Kier alpha value is -2.85. The van der Waals surface area contributed by atoms with Gasteiger partial charge in [0.05, 0.1) is 17.0 Å². The van der Waals surface area contributed by atoms with Crippen LogP contribution in [0, 0.1) is 0 Å². The molecule has 1 amide bonds. The predicted molar refractivity (Wildman–Crippen MR) is 160 cm³/mol. The third-order valence-corrected chi connectivity index (χ3v) is 10.9. The van der Waals surface area contributed by atoms with Crippen LogP contribution in [0.2, 0.25) is 0 Å². The monoisotopic (exact) mass is 579 g/mol. The number of piperazine rings is 1. The van der Waals surface area contributed by atoms with Crippen LogP contribution in [0.25, 0.3) is 0 Å². The maximum atomic E-state index is 13.5. The molecule has 1 aromatic heterocycles. The first-order valence-corrected chi connectivity index (χ1v) is 16.2. The second-order valence-electron chi connectivity index (χ2n) is 11.6. The van der Waals surface area contributed by atoms with Gasteiger partial charge >= 0.3 is 0 Å². The van der Waals surface area contributed by atoms with Gasteiger partial charge in [-0.25, -0.2) is 8.42 Å². The van der Waals surface area contributed by atoms with Crippen LogP contribution in [0.3, 0.4) is 0 Å². The first kappa shape index (κ1) is 28.7. The minimum absolute atomic E-state index is 0.0491. The molecule has 2 aliphatic rings. The third-order valence-electron chi connectivity index (χ3n) is 7.74. The molecule has 1 fully saturated rings. The molecule has 0 saturated carbocycles. The van der Waals surface area contributed by atoms with Gasteiger partial charge in [-0.05, 0) is 54.4 Å². The van der Waals surface area contributed by atoms with Crippen molar-refractivity contribution < 1.29 is 18.0 Å². The number of rotatable bonds is 7. The molecule has 212 valence electrons. The third kappa shape index (κ3) is 6.07. The van der Waals surface area contributed by atoms with Crippen molar-refractivity contribution in [2.75, 3.05) is 38.0 Å². The molecule has 1 saturated heterocycles. The van der Waals surface area contributed by atoms with Crippen LogP contribution in [0.1, 0.15) is 65.5 Å². The van der Waals surface area contributed by atoms with Crippen LogP contribution in [-0.4, -0.2) is 62.0 Å². The molecule has 0 unspecified atom stereocenters. The fourth-order valence-corrected chi connectivity index (χ4v) is 8.13. The van der Waals surface area contributed by atoms with Gasteiger partial charge in [0.1, 0.15) is 5.00 Å². The van der Waals surface area contributed by atoms with E-state index in [-0.39, 0.29) is 23.7 Å². The highest BCUT2D eigenvalue weighted by molar-refractivity contribution is 7.89. The number of thiophene rings is 1. The summed E-state index contributed by atoms with van der Waals surface area (Å²) in [6.45, 7) is 8.01. The Morgan fingerprint density at radius 2 is 1.55 bits per heavy atom. The summed E-state index contributed by atoms with van der Waals surface area (Å²) in [5.41, 5.74) is 3.37. The lowest BCUT2D eigenvalue weighted by atomic mass is 9.87. The number of aryl methyl sites for hydroxylation is 1. The number of carbonyl (C=O) groups is 2. The predicted octanol–water partition coefficient (Wildman–Crippen LogP) is 5.10. The van der Waals surface area contributed by atoms with Crippen molar-refractivity contribution >= 4 is 38.1 Å². The van der Waals surface area contributed by atoms with Gasteiger partial charge in [0.15, 0.2) is 5.78 Å². The van der Waals surface area contributed by atoms with Gasteiger partial charge in [0.2, 0.25) is 15.9 Å². The van der Waals surface area contributed by atoms with E-state index in [4.69, 9.17) is 0 Å². The van der Waals surface area contributed by atoms with Crippen LogP contribution >= 0.6 is 11.3 Å². The molecular formula is C31H37N3O4S2. The maximum Gasteiger partial charge on any atom is 0.243 e. The average Bonchev–Trinajstić information content (AvgIpc) is 3.30. The normalized spacial score (nSPS) is 16.9. The summed E-state index contributed by atoms with van der Waals surface area (Å²) >= 11 is 1.52. The van der Waals surface area contributed by atoms with E-state index < -0.39 is 10.0 Å². The zero-order valence-electron chi connectivity index (χ0n) is 23.4. The quantitative estimate of drug-likeness (QED) is 0.394. The second kappa shape index (κ2) is 11.6. The molecule has 7 nitrogen and oxygen atoms in total. The van der Waals surface area contributed by atoms with Crippen LogP contribution < -0.4 is 5.32 Å². The van der Waals surface area contributed by atoms with E-state index in [0.29, 0.717) is 47.2 Å². The summed E-state index contributed by atoms with van der Waals surface area (Å²) in [7, 11) is -3.60. The number of benzene rings is 2. The van der Waals surface area contributed by atoms with Crippen molar-refractivity contribution in [1.82, 2.24) is 9.21 Å². The molecule has 40 heavy (non-hydrogen) atoms. The SMILES string of the molecule is CC(C)(C)c1ccc(S(=O)(=O)N2CCN(CC(=O)Nc3sc4c(c3C(=O)c3ccccc3)CCCC4)CC2)cc1. The highest BCUT2D eigenvalue weighted by Crippen LogP contribution is 2.39. The smallest absolute Gasteiger partial charge is 0.243 e. The lowest BCUT2D eigenvalue weighted by molar-refractivity contribution is -0.117. The first-order chi connectivity index (χ1) is 19.0. The summed E-state index contributed by atoms with van der Waals surface area (Å²) in [6, 6.07) is 16.3. The summed E-state index contributed by atoms with van der Waals surface area (Å²) in [4.78, 5) is 30.1. The molecule has 2 heterocycles. The molecule has 0 radical (unpaired) electrons. The highest BCUT2D eigenvalue weighted by atomic mass is 32.2. The number of fused-ring (bicyclic) bond motifs is 1. The molecule has 1 N–H and O–H groups in total. The van der Waals surface area contributed by atoms with Crippen LogP contribution in [0.15, 0.2) is 59.5 Å². The minimum Gasteiger partial charge on any atom is -0.316 e. The van der Waals surface area contributed by atoms with Gasteiger partial charge in [-0.1, -0.05) is 63.2 Å². The Morgan fingerprint density at radius 3 is 2.20 bits per heavy atom. The molecule has 2 aromatic carbocycles.